The van der Waals surface area contributed by atoms with E-state index in [1.165, 1.54) is 7.11 Å². The Morgan fingerprint density at radius 1 is 1.15 bits per heavy atom. The molecule has 172 valence electrons. The van der Waals surface area contributed by atoms with Crippen LogP contribution in [0.5, 0.6) is 5.75 Å². The van der Waals surface area contributed by atoms with E-state index in [1.807, 2.05) is 55.5 Å². The average molecular weight is 466 g/mol. The molecule has 0 aromatic heterocycles. The molecule has 1 N–H and O–H groups in total. The van der Waals surface area contributed by atoms with Crippen molar-refractivity contribution in [3.05, 3.63) is 87.2 Å². The number of Topliss-reactive ketones (excluding diaryl/α,β-unsaturated/α-hetero) is 1. The van der Waals surface area contributed by atoms with E-state index < -0.39 is 11.9 Å². The van der Waals surface area contributed by atoms with Gasteiger partial charge in [-0.25, -0.2) is 4.79 Å². The van der Waals surface area contributed by atoms with Crippen molar-refractivity contribution < 1.29 is 19.1 Å². The maximum atomic E-state index is 13.3. The molecule has 1 atom stereocenters. The molecule has 2 aromatic rings. The largest absolute Gasteiger partial charge is 0.489 e. The third-order valence-corrected chi connectivity index (χ3v) is 6.41. The molecule has 4 rings (SSSR count). The van der Waals surface area contributed by atoms with Gasteiger partial charge in [0.25, 0.3) is 0 Å². The Bertz CT molecular complexity index is 1160. The summed E-state index contributed by atoms with van der Waals surface area (Å²) < 4.78 is 11.1. The minimum atomic E-state index is -0.503. The van der Waals surface area contributed by atoms with Gasteiger partial charge in [-0.05, 0) is 54.2 Å². The predicted octanol–water partition coefficient (Wildman–Crippen LogP) is 5.70. The molecule has 0 radical (unpaired) electrons. The van der Waals surface area contributed by atoms with Gasteiger partial charge in [0.15, 0.2) is 5.78 Å². The highest BCUT2D eigenvalue weighted by molar-refractivity contribution is 6.30. The number of carbonyl (C=O) groups excluding carboxylic acids is 2. The second kappa shape index (κ2) is 9.06. The lowest BCUT2D eigenvalue weighted by molar-refractivity contribution is -0.136. The maximum Gasteiger partial charge on any atom is 0.336 e. The number of halogens is 1. The minimum Gasteiger partial charge on any atom is -0.489 e. The van der Waals surface area contributed by atoms with Crippen LogP contribution in [0.15, 0.2) is 71.1 Å². The van der Waals surface area contributed by atoms with Gasteiger partial charge in [-0.2, -0.15) is 0 Å². The fourth-order valence-electron chi connectivity index (χ4n) is 4.68. The SMILES string of the molecule is COC(=O)C1=C(C)NC2=C(C(=O)CC(C)(C)C2)[C@H]1c1cccc(OCc2ccc(Cl)cc2)c1. The van der Waals surface area contributed by atoms with Crippen LogP contribution < -0.4 is 10.1 Å². The van der Waals surface area contributed by atoms with E-state index in [1.54, 1.807) is 0 Å². The van der Waals surface area contributed by atoms with Crippen LogP contribution in [0.4, 0.5) is 0 Å². The third-order valence-electron chi connectivity index (χ3n) is 6.16. The average Bonchev–Trinajstić information content (AvgIpc) is 2.76. The van der Waals surface area contributed by atoms with E-state index >= 15 is 0 Å². The van der Waals surface area contributed by atoms with Gasteiger partial charge < -0.3 is 14.8 Å². The summed E-state index contributed by atoms with van der Waals surface area (Å²) in [6.45, 7) is 6.42. The van der Waals surface area contributed by atoms with Gasteiger partial charge in [0.1, 0.15) is 12.4 Å². The lowest BCUT2D eigenvalue weighted by atomic mass is 9.68. The lowest BCUT2D eigenvalue weighted by Crippen LogP contribution is -2.38. The molecule has 1 aliphatic heterocycles. The molecule has 0 amide bonds. The lowest BCUT2D eigenvalue weighted by Gasteiger charge is -2.39. The van der Waals surface area contributed by atoms with Crippen molar-refractivity contribution in [2.75, 3.05) is 7.11 Å². The fraction of sp³-hybridized carbons (Fsp3) is 0.333. The summed E-state index contributed by atoms with van der Waals surface area (Å²) in [5.41, 5.74) is 4.38. The molecule has 2 aliphatic rings. The van der Waals surface area contributed by atoms with Crippen molar-refractivity contribution in [1.29, 1.82) is 0 Å². The first-order valence-corrected chi connectivity index (χ1v) is 11.4. The zero-order chi connectivity index (χ0) is 23.8. The van der Waals surface area contributed by atoms with Gasteiger partial charge in [-0.3, -0.25) is 4.79 Å². The Hall–Kier alpha value is -3.05. The van der Waals surface area contributed by atoms with Crippen LogP contribution in [0.2, 0.25) is 5.02 Å². The Morgan fingerprint density at radius 2 is 1.88 bits per heavy atom. The highest BCUT2D eigenvalue weighted by Gasteiger charge is 2.43. The smallest absolute Gasteiger partial charge is 0.336 e. The van der Waals surface area contributed by atoms with Crippen molar-refractivity contribution >= 4 is 23.4 Å². The first-order chi connectivity index (χ1) is 15.7. The second-order valence-electron chi connectivity index (χ2n) is 9.41. The third kappa shape index (κ3) is 4.83. The summed E-state index contributed by atoms with van der Waals surface area (Å²) in [6, 6.07) is 15.1. The van der Waals surface area contributed by atoms with Crippen molar-refractivity contribution in [2.45, 2.75) is 46.1 Å². The van der Waals surface area contributed by atoms with E-state index in [4.69, 9.17) is 21.1 Å². The van der Waals surface area contributed by atoms with Crippen molar-refractivity contribution in [1.82, 2.24) is 5.32 Å². The minimum absolute atomic E-state index is 0.0557. The predicted molar refractivity (Wildman–Crippen MR) is 128 cm³/mol. The van der Waals surface area contributed by atoms with Gasteiger partial charge in [0, 0.05) is 34.3 Å². The number of nitrogens with one attached hydrogen (secondary N) is 1. The standard InChI is InChI=1S/C27H28ClNO4/c1-16-23(26(31)32-4)24(25-21(29-16)13-27(2,3)14-22(25)30)18-6-5-7-20(12-18)33-15-17-8-10-19(28)11-9-17/h5-12,24,29H,13-15H2,1-4H3/t24-/m0/s1. The van der Waals surface area contributed by atoms with Crippen LogP contribution in [-0.2, 0) is 20.9 Å². The number of rotatable bonds is 5. The molecule has 6 heteroatoms. The Morgan fingerprint density at radius 3 is 2.58 bits per heavy atom. The fourth-order valence-corrected chi connectivity index (χ4v) is 4.81. The summed E-state index contributed by atoms with van der Waals surface area (Å²) in [5, 5.41) is 4.01. The molecular weight excluding hydrogens is 438 g/mol. The van der Waals surface area contributed by atoms with E-state index in [0.717, 1.165) is 23.2 Å². The topological polar surface area (TPSA) is 64.6 Å². The number of ketones is 1. The summed E-state index contributed by atoms with van der Waals surface area (Å²) >= 11 is 5.96. The summed E-state index contributed by atoms with van der Waals surface area (Å²) in [4.78, 5) is 26.1. The van der Waals surface area contributed by atoms with Gasteiger partial charge >= 0.3 is 5.97 Å². The molecule has 0 fully saturated rings. The maximum absolute atomic E-state index is 13.3. The molecule has 1 aliphatic carbocycles. The highest BCUT2D eigenvalue weighted by atomic mass is 35.5. The Kier molecular flexibility index (Phi) is 6.35. The molecular formula is C27H28ClNO4. The zero-order valence-electron chi connectivity index (χ0n) is 19.3. The Labute approximate surface area is 199 Å². The van der Waals surface area contributed by atoms with Crippen molar-refractivity contribution in [3.8, 4) is 5.75 Å². The number of allylic oxidation sites excluding steroid dienone is 3. The molecule has 0 saturated carbocycles. The van der Waals surface area contributed by atoms with Crippen molar-refractivity contribution in [3.63, 3.8) is 0 Å². The van der Waals surface area contributed by atoms with Crippen LogP contribution in [0.1, 0.15) is 50.7 Å². The molecule has 0 unspecified atom stereocenters. The zero-order valence-corrected chi connectivity index (χ0v) is 20.1. The molecule has 0 saturated heterocycles. The van der Waals surface area contributed by atoms with Crippen LogP contribution in [0.3, 0.4) is 0 Å². The van der Waals surface area contributed by atoms with Crippen LogP contribution >= 0.6 is 11.6 Å². The second-order valence-corrected chi connectivity index (χ2v) is 9.85. The van der Waals surface area contributed by atoms with Gasteiger partial charge in [0.2, 0.25) is 0 Å². The monoisotopic (exact) mass is 465 g/mol. The van der Waals surface area contributed by atoms with Crippen molar-refractivity contribution in [2.24, 2.45) is 5.41 Å². The number of hydrogen-bond acceptors (Lipinski definition) is 5. The number of hydrogen-bond donors (Lipinski definition) is 1. The first-order valence-electron chi connectivity index (χ1n) is 11.0. The first kappa shape index (κ1) is 23.1. The number of carbonyl (C=O) groups is 2. The molecule has 0 bridgehead atoms. The van der Waals surface area contributed by atoms with Crippen LogP contribution in [0, 0.1) is 5.41 Å². The summed E-state index contributed by atoms with van der Waals surface area (Å²) in [6.07, 6.45) is 1.17. The molecule has 5 nitrogen and oxygen atoms in total. The van der Waals surface area contributed by atoms with Gasteiger partial charge in [0.05, 0.1) is 12.7 Å². The van der Waals surface area contributed by atoms with E-state index in [2.05, 4.69) is 19.2 Å². The van der Waals surface area contributed by atoms with E-state index in [9.17, 15) is 9.59 Å². The van der Waals surface area contributed by atoms with Crippen LogP contribution in [-0.4, -0.2) is 18.9 Å². The van der Waals surface area contributed by atoms with Gasteiger partial charge in [-0.1, -0.05) is 49.7 Å². The number of esters is 1. The Balaban J connectivity index is 1.72. The summed E-state index contributed by atoms with van der Waals surface area (Å²) in [7, 11) is 1.36. The quantitative estimate of drug-likeness (QED) is 0.574. The number of ether oxygens (including phenoxy) is 2. The van der Waals surface area contributed by atoms with E-state index in [0.29, 0.717) is 40.6 Å². The normalized spacial score (nSPS) is 19.7. The molecule has 1 heterocycles. The van der Waals surface area contributed by atoms with Crippen LogP contribution in [0.25, 0.3) is 0 Å². The highest BCUT2D eigenvalue weighted by Crippen LogP contribution is 2.47. The number of methoxy groups -OCH3 is 1. The molecule has 33 heavy (non-hydrogen) atoms. The van der Waals surface area contributed by atoms with E-state index in [-0.39, 0.29) is 11.2 Å². The molecule has 0 spiro atoms. The van der Waals surface area contributed by atoms with Gasteiger partial charge in [-0.15, -0.1) is 0 Å². The number of benzene rings is 2. The summed E-state index contributed by atoms with van der Waals surface area (Å²) in [5.74, 6) is -0.230. The molecule has 2 aromatic carbocycles. The number of dihydropyridines is 1.